The van der Waals surface area contributed by atoms with Crippen molar-refractivity contribution in [2.75, 3.05) is 12.1 Å². The van der Waals surface area contributed by atoms with Crippen molar-refractivity contribution >= 4 is 17.5 Å². The SMILES string of the molecule is CC(=O)Nc1ccc(-c2oc(-c3ccccc3)nc2C(=O)NC(Cc2ccccc2)C2=COCO2)cc1. The number of amides is 2. The zero-order valence-corrected chi connectivity index (χ0v) is 20.1. The third-order valence-electron chi connectivity index (χ3n) is 5.75. The van der Waals surface area contributed by atoms with Gasteiger partial charge in [-0.3, -0.25) is 9.59 Å². The van der Waals surface area contributed by atoms with Gasteiger partial charge in [0.25, 0.3) is 5.91 Å². The lowest BCUT2D eigenvalue weighted by molar-refractivity contribution is -0.114. The number of ether oxygens (including phenoxy) is 2. The van der Waals surface area contributed by atoms with Gasteiger partial charge in [-0.25, -0.2) is 4.98 Å². The maximum absolute atomic E-state index is 13.6. The molecular weight excluding hydrogens is 470 g/mol. The summed E-state index contributed by atoms with van der Waals surface area (Å²) in [6, 6.07) is 25.8. The van der Waals surface area contributed by atoms with E-state index in [4.69, 9.17) is 13.9 Å². The summed E-state index contributed by atoms with van der Waals surface area (Å²) in [4.78, 5) is 29.6. The molecule has 1 atom stereocenters. The van der Waals surface area contributed by atoms with E-state index in [0.717, 1.165) is 11.1 Å². The maximum Gasteiger partial charge on any atom is 0.274 e. The first kappa shape index (κ1) is 23.9. The number of aromatic nitrogens is 1. The molecule has 1 aliphatic rings. The van der Waals surface area contributed by atoms with Crippen molar-refractivity contribution in [3.05, 3.63) is 108 Å². The first-order valence-corrected chi connectivity index (χ1v) is 11.8. The average molecular weight is 496 g/mol. The summed E-state index contributed by atoms with van der Waals surface area (Å²) in [7, 11) is 0. The van der Waals surface area contributed by atoms with E-state index in [1.165, 1.54) is 13.2 Å². The highest BCUT2D eigenvalue weighted by atomic mass is 16.7. The smallest absolute Gasteiger partial charge is 0.274 e. The Kier molecular flexibility index (Phi) is 6.98. The molecule has 3 aromatic carbocycles. The van der Waals surface area contributed by atoms with Crippen LogP contribution in [0.15, 0.2) is 101 Å². The van der Waals surface area contributed by atoms with E-state index < -0.39 is 11.9 Å². The van der Waals surface area contributed by atoms with Crippen LogP contribution in [-0.2, 0) is 20.7 Å². The van der Waals surface area contributed by atoms with Gasteiger partial charge in [0.2, 0.25) is 18.6 Å². The fourth-order valence-corrected chi connectivity index (χ4v) is 4.02. The van der Waals surface area contributed by atoms with Gasteiger partial charge in [0.1, 0.15) is 6.26 Å². The van der Waals surface area contributed by atoms with Gasteiger partial charge in [0.15, 0.2) is 17.2 Å². The number of nitrogens with zero attached hydrogens (tertiary/aromatic N) is 1. The molecule has 2 heterocycles. The molecule has 186 valence electrons. The molecule has 0 bridgehead atoms. The van der Waals surface area contributed by atoms with E-state index in [0.29, 0.717) is 35.1 Å². The standard InChI is InChI=1S/C29H25N3O5/c1-19(33)30-23-14-12-21(13-15-23)27-26(32-29(37-27)22-10-6-3-7-11-22)28(34)31-24(25-17-35-18-36-25)16-20-8-4-2-5-9-20/h2-15,17,24H,16,18H2,1H3,(H,30,33)(H,31,34). The zero-order valence-electron chi connectivity index (χ0n) is 20.1. The molecule has 2 amide bonds. The number of benzene rings is 3. The zero-order chi connectivity index (χ0) is 25.6. The lowest BCUT2D eigenvalue weighted by atomic mass is 10.0. The first-order valence-electron chi connectivity index (χ1n) is 11.8. The second kappa shape index (κ2) is 10.8. The van der Waals surface area contributed by atoms with Crippen LogP contribution in [0.4, 0.5) is 5.69 Å². The monoisotopic (exact) mass is 495 g/mol. The van der Waals surface area contributed by atoms with Crippen molar-refractivity contribution in [1.29, 1.82) is 0 Å². The molecule has 1 aliphatic heterocycles. The number of anilines is 1. The van der Waals surface area contributed by atoms with Gasteiger partial charge in [0.05, 0.1) is 6.04 Å². The van der Waals surface area contributed by atoms with Gasteiger partial charge in [-0.2, -0.15) is 0 Å². The summed E-state index contributed by atoms with van der Waals surface area (Å²) in [5.41, 5.74) is 3.20. The van der Waals surface area contributed by atoms with Gasteiger partial charge in [-0.1, -0.05) is 48.5 Å². The summed E-state index contributed by atoms with van der Waals surface area (Å²) in [6.45, 7) is 1.55. The maximum atomic E-state index is 13.6. The Labute approximate surface area is 213 Å². The van der Waals surface area contributed by atoms with Crippen LogP contribution >= 0.6 is 0 Å². The summed E-state index contributed by atoms with van der Waals surface area (Å²) < 4.78 is 17.0. The van der Waals surface area contributed by atoms with Crippen molar-refractivity contribution in [2.45, 2.75) is 19.4 Å². The Hall–Kier alpha value is -4.85. The fourth-order valence-electron chi connectivity index (χ4n) is 4.02. The summed E-state index contributed by atoms with van der Waals surface area (Å²) >= 11 is 0. The minimum atomic E-state index is -0.468. The molecule has 0 fully saturated rings. The molecule has 0 saturated carbocycles. The van der Waals surface area contributed by atoms with Crippen molar-refractivity contribution < 1.29 is 23.5 Å². The highest BCUT2D eigenvalue weighted by molar-refractivity contribution is 5.99. The number of hydrogen-bond acceptors (Lipinski definition) is 6. The lowest BCUT2D eigenvalue weighted by Gasteiger charge is -2.18. The van der Waals surface area contributed by atoms with Crippen LogP contribution in [0.25, 0.3) is 22.8 Å². The molecule has 37 heavy (non-hydrogen) atoms. The Bertz CT molecular complexity index is 1410. The van der Waals surface area contributed by atoms with E-state index in [1.54, 1.807) is 24.3 Å². The fraction of sp³-hybridized carbons (Fsp3) is 0.138. The van der Waals surface area contributed by atoms with E-state index in [1.807, 2.05) is 60.7 Å². The van der Waals surface area contributed by atoms with Gasteiger partial charge < -0.3 is 24.5 Å². The largest absolute Gasteiger partial charge is 0.462 e. The van der Waals surface area contributed by atoms with E-state index in [-0.39, 0.29) is 18.4 Å². The molecule has 8 heteroatoms. The van der Waals surface area contributed by atoms with E-state index >= 15 is 0 Å². The number of oxazole rings is 1. The minimum absolute atomic E-state index is 0.102. The van der Waals surface area contributed by atoms with E-state index in [9.17, 15) is 9.59 Å². The molecule has 0 spiro atoms. The predicted molar refractivity (Wildman–Crippen MR) is 138 cm³/mol. The van der Waals surface area contributed by atoms with Gasteiger partial charge >= 0.3 is 0 Å². The van der Waals surface area contributed by atoms with Gasteiger partial charge in [-0.05, 0) is 42.0 Å². The average Bonchev–Trinajstić information content (AvgIpc) is 3.61. The van der Waals surface area contributed by atoms with Crippen LogP contribution < -0.4 is 10.6 Å². The third-order valence-corrected chi connectivity index (χ3v) is 5.75. The molecule has 1 unspecified atom stereocenters. The number of nitrogens with one attached hydrogen (secondary N) is 2. The van der Waals surface area contributed by atoms with Crippen LogP contribution in [-0.4, -0.2) is 29.6 Å². The van der Waals surface area contributed by atoms with Crippen LogP contribution in [0.1, 0.15) is 23.0 Å². The normalized spacial score (nSPS) is 13.2. The first-order chi connectivity index (χ1) is 18.1. The van der Waals surface area contributed by atoms with Crippen LogP contribution in [0.2, 0.25) is 0 Å². The van der Waals surface area contributed by atoms with E-state index in [2.05, 4.69) is 15.6 Å². The molecule has 0 saturated heterocycles. The molecule has 0 aliphatic carbocycles. The van der Waals surface area contributed by atoms with Crippen LogP contribution in [0.3, 0.4) is 0 Å². The highest BCUT2D eigenvalue weighted by Crippen LogP contribution is 2.31. The Morgan fingerprint density at radius 3 is 2.27 bits per heavy atom. The molecule has 8 nitrogen and oxygen atoms in total. The second-order valence-corrected chi connectivity index (χ2v) is 8.49. The number of rotatable bonds is 8. The van der Waals surface area contributed by atoms with Crippen LogP contribution in [0.5, 0.6) is 0 Å². The lowest BCUT2D eigenvalue weighted by Crippen LogP contribution is -2.38. The Balaban J connectivity index is 1.48. The predicted octanol–water partition coefficient (Wildman–Crippen LogP) is 5.15. The Morgan fingerprint density at radius 1 is 0.919 bits per heavy atom. The molecule has 0 radical (unpaired) electrons. The molecule has 4 aromatic rings. The topological polar surface area (TPSA) is 103 Å². The molecule has 5 rings (SSSR count). The molecular formula is C29H25N3O5. The second-order valence-electron chi connectivity index (χ2n) is 8.49. The van der Waals surface area contributed by atoms with Crippen molar-refractivity contribution in [3.63, 3.8) is 0 Å². The number of carbonyl (C=O) groups is 2. The summed E-state index contributed by atoms with van der Waals surface area (Å²) in [5, 5.41) is 5.78. The molecule has 2 N–H and O–H groups in total. The van der Waals surface area contributed by atoms with Crippen molar-refractivity contribution in [3.8, 4) is 22.8 Å². The van der Waals surface area contributed by atoms with Crippen LogP contribution in [0, 0.1) is 0 Å². The number of carbonyl (C=O) groups excluding carboxylic acids is 2. The Morgan fingerprint density at radius 2 is 1.62 bits per heavy atom. The van der Waals surface area contributed by atoms with Gasteiger partial charge in [-0.15, -0.1) is 0 Å². The van der Waals surface area contributed by atoms with Crippen molar-refractivity contribution in [1.82, 2.24) is 10.3 Å². The highest BCUT2D eigenvalue weighted by Gasteiger charge is 2.28. The minimum Gasteiger partial charge on any atom is -0.462 e. The number of hydrogen-bond donors (Lipinski definition) is 2. The molecule has 1 aromatic heterocycles. The summed E-state index contributed by atoms with van der Waals surface area (Å²) in [6.07, 6.45) is 2.03. The third kappa shape index (κ3) is 5.70. The van der Waals surface area contributed by atoms with Gasteiger partial charge in [0, 0.05) is 30.2 Å². The van der Waals surface area contributed by atoms with Crippen molar-refractivity contribution in [2.24, 2.45) is 0 Å². The quantitative estimate of drug-likeness (QED) is 0.350. The summed E-state index contributed by atoms with van der Waals surface area (Å²) in [5.74, 6) is 0.595.